The number of ketones is 1. The molecule has 1 aliphatic heterocycles. The molecule has 164 valence electrons. The number of carbonyl (C=O) groups excluding carboxylic acids is 1. The van der Waals surface area contributed by atoms with E-state index in [1.807, 2.05) is 31.2 Å². The molecule has 1 aliphatic rings. The lowest BCUT2D eigenvalue weighted by atomic mass is 9.74. The highest BCUT2D eigenvalue weighted by Crippen LogP contribution is 2.36. The third-order valence-corrected chi connectivity index (χ3v) is 6.08. The topological polar surface area (TPSA) is 62.1 Å². The lowest BCUT2D eigenvalue weighted by Crippen LogP contribution is -2.57. The molecule has 3 rings (SSSR count). The fourth-order valence-electron chi connectivity index (χ4n) is 4.86. The largest absolute Gasteiger partial charge is 0.456 e. The molecule has 1 fully saturated rings. The maximum Gasteiger partial charge on any atom is 0.163 e. The average Bonchev–Trinajstić information content (AvgIpc) is 2.66. The van der Waals surface area contributed by atoms with Crippen LogP contribution in [-0.4, -0.2) is 16.9 Å². The zero-order chi connectivity index (χ0) is 22.8. The number of nitriles is 1. The molecule has 1 unspecified atom stereocenters. The van der Waals surface area contributed by atoms with Crippen LogP contribution in [0.5, 0.6) is 11.5 Å². The highest BCUT2D eigenvalue weighted by atomic mass is 35.5. The van der Waals surface area contributed by atoms with Gasteiger partial charge in [-0.15, -0.1) is 0 Å². The van der Waals surface area contributed by atoms with Gasteiger partial charge in [0.15, 0.2) is 5.78 Å². The van der Waals surface area contributed by atoms with Crippen molar-refractivity contribution in [2.45, 2.75) is 70.9 Å². The van der Waals surface area contributed by atoms with Gasteiger partial charge >= 0.3 is 0 Å². The molecule has 0 amide bonds. The number of hydrogen-bond donors (Lipinski definition) is 1. The van der Waals surface area contributed by atoms with Gasteiger partial charge in [-0.1, -0.05) is 23.7 Å². The number of benzene rings is 2. The number of nitrogens with zero attached hydrogens (tertiary/aromatic N) is 1. The third-order valence-electron chi connectivity index (χ3n) is 5.78. The summed E-state index contributed by atoms with van der Waals surface area (Å²) in [6.45, 7) is 10.6. The molecule has 1 heterocycles. The molecule has 0 bridgehead atoms. The van der Waals surface area contributed by atoms with Crippen molar-refractivity contribution < 1.29 is 9.53 Å². The van der Waals surface area contributed by atoms with Crippen LogP contribution < -0.4 is 10.1 Å². The smallest absolute Gasteiger partial charge is 0.163 e. The van der Waals surface area contributed by atoms with Crippen LogP contribution in [0.15, 0.2) is 42.5 Å². The second kappa shape index (κ2) is 9.02. The molecule has 31 heavy (non-hydrogen) atoms. The fourth-order valence-corrected chi connectivity index (χ4v) is 5.08. The van der Waals surface area contributed by atoms with Gasteiger partial charge in [-0.2, -0.15) is 5.26 Å². The molecule has 0 radical (unpaired) electrons. The number of rotatable bonds is 6. The zero-order valence-electron chi connectivity index (χ0n) is 19.0. The lowest BCUT2D eigenvalue weighted by Gasteiger charge is -2.46. The van der Waals surface area contributed by atoms with Crippen molar-refractivity contribution in [3.63, 3.8) is 0 Å². The molecule has 5 heteroatoms. The Bertz CT molecular complexity index is 991. The summed E-state index contributed by atoms with van der Waals surface area (Å²) in [6.07, 6.45) is 2.45. The SMILES string of the molecule is CC(C#N)c1cccc(Oc2ccc(C(=O)CC3CC(C)(C)NC(C)(C)C3)cc2Cl)c1. The monoisotopic (exact) mass is 438 g/mol. The predicted molar refractivity (Wildman–Crippen MR) is 125 cm³/mol. The molecule has 4 nitrogen and oxygen atoms in total. The van der Waals surface area contributed by atoms with Crippen LogP contribution in [0.3, 0.4) is 0 Å². The van der Waals surface area contributed by atoms with Gasteiger partial charge < -0.3 is 10.1 Å². The molecule has 0 aromatic heterocycles. The minimum Gasteiger partial charge on any atom is -0.456 e. The molecular formula is C26H31ClN2O2. The normalized spacial score (nSPS) is 18.7. The molecule has 2 aromatic carbocycles. The van der Waals surface area contributed by atoms with Crippen molar-refractivity contribution in [2.24, 2.45) is 5.92 Å². The molecular weight excluding hydrogens is 408 g/mol. The molecule has 1 saturated heterocycles. The second-order valence-electron chi connectivity index (χ2n) is 9.96. The van der Waals surface area contributed by atoms with E-state index in [-0.39, 0.29) is 22.8 Å². The van der Waals surface area contributed by atoms with E-state index in [0.29, 0.717) is 34.4 Å². The summed E-state index contributed by atoms with van der Waals surface area (Å²) in [6, 6.07) is 14.8. The van der Waals surface area contributed by atoms with Gasteiger partial charge in [-0.3, -0.25) is 4.79 Å². The first-order valence-corrected chi connectivity index (χ1v) is 11.2. The number of Topliss-reactive ketones (excluding diaryl/α,β-unsaturated/α-hetero) is 1. The minimum atomic E-state index is -0.219. The lowest BCUT2D eigenvalue weighted by molar-refractivity contribution is 0.0864. The number of halogens is 1. The molecule has 1 atom stereocenters. The van der Waals surface area contributed by atoms with E-state index in [1.54, 1.807) is 18.2 Å². The number of hydrogen-bond acceptors (Lipinski definition) is 4. The molecule has 0 saturated carbocycles. The molecule has 1 N–H and O–H groups in total. The predicted octanol–water partition coefficient (Wildman–Crippen LogP) is 6.89. The van der Waals surface area contributed by atoms with Crippen molar-refractivity contribution in [1.82, 2.24) is 5.32 Å². The second-order valence-corrected chi connectivity index (χ2v) is 10.4. The summed E-state index contributed by atoms with van der Waals surface area (Å²) < 4.78 is 5.92. The summed E-state index contributed by atoms with van der Waals surface area (Å²) in [4.78, 5) is 13.0. The van der Waals surface area contributed by atoms with Crippen molar-refractivity contribution in [3.05, 3.63) is 58.6 Å². The van der Waals surface area contributed by atoms with Crippen LogP contribution in [0.1, 0.15) is 75.7 Å². The van der Waals surface area contributed by atoms with E-state index >= 15 is 0 Å². The summed E-state index contributed by atoms with van der Waals surface area (Å²) in [5, 5.41) is 13.2. The first-order chi connectivity index (χ1) is 14.5. The van der Waals surface area contributed by atoms with Crippen LogP contribution in [0.2, 0.25) is 5.02 Å². The minimum absolute atomic E-state index is 0.0135. The van der Waals surface area contributed by atoms with Gasteiger partial charge in [0.25, 0.3) is 0 Å². The molecule has 2 aromatic rings. The molecule has 0 spiro atoms. The first kappa shape index (κ1) is 23.3. The van der Waals surface area contributed by atoms with Gasteiger partial charge in [-0.25, -0.2) is 0 Å². The van der Waals surface area contributed by atoms with Gasteiger partial charge in [-0.05, 0) is 89.3 Å². The Morgan fingerprint density at radius 3 is 2.48 bits per heavy atom. The standard InChI is InChI=1S/C26H31ClN2O2/c1-17(16-28)19-7-6-8-21(12-19)31-24-10-9-20(13-22(24)27)23(30)11-18-14-25(2,3)29-26(4,5)15-18/h6-10,12-13,17-18,29H,11,14-15H2,1-5H3. The maximum atomic E-state index is 13.0. The number of nitrogens with one attached hydrogen (secondary N) is 1. The highest BCUT2D eigenvalue weighted by Gasteiger charge is 2.38. The van der Waals surface area contributed by atoms with Crippen LogP contribution in [0.25, 0.3) is 0 Å². The van der Waals surface area contributed by atoms with E-state index in [9.17, 15) is 4.79 Å². The Morgan fingerprint density at radius 1 is 1.19 bits per heavy atom. The summed E-state index contributed by atoms with van der Waals surface area (Å²) in [5.74, 6) is 1.32. The van der Waals surface area contributed by atoms with Crippen molar-refractivity contribution in [1.29, 1.82) is 5.26 Å². The summed E-state index contributed by atoms with van der Waals surface area (Å²) in [7, 11) is 0. The summed E-state index contributed by atoms with van der Waals surface area (Å²) >= 11 is 6.45. The number of piperidine rings is 1. The van der Waals surface area contributed by atoms with Crippen LogP contribution in [0.4, 0.5) is 0 Å². The Morgan fingerprint density at radius 2 is 1.87 bits per heavy atom. The Balaban J connectivity index is 1.71. The van der Waals surface area contributed by atoms with Gasteiger partial charge in [0.2, 0.25) is 0 Å². The van der Waals surface area contributed by atoms with Gasteiger partial charge in [0.1, 0.15) is 11.5 Å². The van der Waals surface area contributed by atoms with E-state index in [1.165, 1.54) is 0 Å². The number of carbonyl (C=O) groups is 1. The van der Waals surface area contributed by atoms with E-state index < -0.39 is 0 Å². The summed E-state index contributed by atoms with van der Waals surface area (Å²) in [5.41, 5.74) is 1.52. The van der Waals surface area contributed by atoms with Crippen LogP contribution >= 0.6 is 11.6 Å². The zero-order valence-corrected chi connectivity index (χ0v) is 19.7. The van der Waals surface area contributed by atoms with Crippen LogP contribution in [-0.2, 0) is 0 Å². The van der Waals surface area contributed by atoms with Gasteiger partial charge in [0, 0.05) is 23.1 Å². The van der Waals surface area contributed by atoms with E-state index in [4.69, 9.17) is 21.6 Å². The Labute approximate surface area is 190 Å². The van der Waals surface area contributed by atoms with Gasteiger partial charge in [0.05, 0.1) is 17.0 Å². The fraction of sp³-hybridized carbons (Fsp3) is 0.462. The highest BCUT2D eigenvalue weighted by molar-refractivity contribution is 6.32. The quantitative estimate of drug-likeness (QED) is 0.499. The van der Waals surface area contributed by atoms with Crippen molar-refractivity contribution >= 4 is 17.4 Å². The number of ether oxygens (including phenoxy) is 1. The Kier molecular flexibility index (Phi) is 6.79. The van der Waals surface area contributed by atoms with E-state index in [0.717, 1.165) is 18.4 Å². The van der Waals surface area contributed by atoms with Crippen molar-refractivity contribution in [3.8, 4) is 17.6 Å². The first-order valence-electron chi connectivity index (χ1n) is 10.8. The third kappa shape index (κ3) is 6.09. The van der Waals surface area contributed by atoms with Crippen molar-refractivity contribution in [2.75, 3.05) is 0 Å². The van der Waals surface area contributed by atoms with E-state index in [2.05, 4.69) is 39.1 Å². The maximum absolute atomic E-state index is 13.0. The van der Waals surface area contributed by atoms with Crippen LogP contribution in [0, 0.1) is 17.2 Å². The Hall–Kier alpha value is -2.35. The molecule has 0 aliphatic carbocycles. The average molecular weight is 439 g/mol.